The molecule has 0 aliphatic carbocycles. The Morgan fingerprint density at radius 2 is 2.23 bits per heavy atom. The van der Waals surface area contributed by atoms with E-state index in [1.165, 1.54) is 11.5 Å². The number of carbonyl (C=O) groups is 1. The number of aromatic nitrogens is 3. The molecule has 0 unspecified atom stereocenters. The highest BCUT2D eigenvalue weighted by atomic mass is 32.1. The van der Waals surface area contributed by atoms with Crippen molar-refractivity contribution in [3.05, 3.63) is 30.6 Å². The Morgan fingerprint density at radius 3 is 3.10 bits per heavy atom. The number of ether oxygens (including phenoxy) is 1. The average molecular weight is 425 g/mol. The molecule has 156 valence electrons. The molecule has 0 spiro atoms. The third-order valence-corrected chi connectivity index (χ3v) is 6.54. The second kappa shape index (κ2) is 8.16. The highest BCUT2D eigenvalue weighted by molar-refractivity contribution is 7.09. The standard InChI is InChI=1S/C21H24N6O2S/c1-27-9-6-13-11-16(27)21(28)22-7-2-10-29-20-14(17-5-8-24-30-17)3-4-15-19(20)26-18(25-13)12-23-15/h3-5,8,12-13,16H,2,6-7,9-11H2,1H3,(H,22,28)(H,25,26)/t13-,16-/m0/s1. The molecule has 5 rings (SSSR count). The van der Waals surface area contributed by atoms with Crippen LogP contribution in [-0.2, 0) is 4.79 Å². The molecule has 2 aliphatic heterocycles. The zero-order valence-corrected chi connectivity index (χ0v) is 17.6. The minimum absolute atomic E-state index is 0.0772. The molecular weight excluding hydrogens is 400 g/mol. The number of nitrogens with one attached hydrogen (secondary N) is 2. The van der Waals surface area contributed by atoms with Gasteiger partial charge in [-0.1, -0.05) is 0 Å². The SMILES string of the molecule is CN1CC[C@H]2C[C@H]1C(=O)NCCCOc1c(-c3ccns3)ccc3ncc(nc13)N2. The molecule has 4 bridgehead atoms. The first kappa shape index (κ1) is 19.2. The third kappa shape index (κ3) is 3.70. The summed E-state index contributed by atoms with van der Waals surface area (Å²) in [6, 6.07) is 6.00. The zero-order valence-electron chi connectivity index (χ0n) is 16.8. The van der Waals surface area contributed by atoms with Gasteiger partial charge < -0.3 is 15.4 Å². The molecule has 2 N–H and O–H groups in total. The molecule has 4 heterocycles. The van der Waals surface area contributed by atoms with Gasteiger partial charge in [-0.05, 0) is 56.0 Å². The largest absolute Gasteiger partial charge is 0.490 e. The van der Waals surface area contributed by atoms with Crippen LogP contribution < -0.4 is 15.4 Å². The van der Waals surface area contributed by atoms with Crippen molar-refractivity contribution < 1.29 is 9.53 Å². The number of benzene rings is 1. The maximum absolute atomic E-state index is 12.7. The first-order valence-electron chi connectivity index (χ1n) is 10.3. The van der Waals surface area contributed by atoms with Gasteiger partial charge in [-0.3, -0.25) is 14.7 Å². The molecule has 8 nitrogen and oxygen atoms in total. The Balaban J connectivity index is 1.56. The van der Waals surface area contributed by atoms with E-state index in [1.54, 1.807) is 12.4 Å². The minimum Gasteiger partial charge on any atom is -0.490 e. The molecule has 1 amide bonds. The van der Waals surface area contributed by atoms with Crippen LogP contribution in [0.25, 0.3) is 21.5 Å². The van der Waals surface area contributed by atoms with Crippen molar-refractivity contribution in [1.82, 2.24) is 24.6 Å². The zero-order chi connectivity index (χ0) is 20.5. The molecule has 1 saturated heterocycles. The minimum atomic E-state index is -0.137. The van der Waals surface area contributed by atoms with Gasteiger partial charge in [0.1, 0.15) is 11.3 Å². The average Bonchev–Trinajstić information content (AvgIpc) is 3.29. The second-order valence-electron chi connectivity index (χ2n) is 7.80. The van der Waals surface area contributed by atoms with Crippen LogP contribution in [0.1, 0.15) is 19.3 Å². The summed E-state index contributed by atoms with van der Waals surface area (Å²) in [6.45, 7) is 1.92. The normalized spacial score (nSPS) is 22.8. The van der Waals surface area contributed by atoms with Gasteiger partial charge in [0.2, 0.25) is 5.91 Å². The maximum Gasteiger partial charge on any atom is 0.237 e. The van der Waals surface area contributed by atoms with E-state index < -0.39 is 0 Å². The summed E-state index contributed by atoms with van der Waals surface area (Å²) in [6.07, 6.45) is 5.96. The number of carbonyl (C=O) groups excluding carboxylic acids is 1. The lowest BCUT2D eigenvalue weighted by atomic mass is 9.97. The van der Waals surface area contributed by atoms with E-state index >= 15 is 0 Å². The van der Waals surface area contributed by atoms with Crippen molar-refractivity contribution in [3.8, 4) is 16.2 Å². The fourth-order valence-corrected chi connectivity index (χ4v) is 4.74. The highest BCUT2D eigenvalue weighted by Gasteiger charge is 2.31. The molecule has 1 fully saturated rings. The van der Waals surface area contributed by atoms with Gasteiger partial charge in [0.15, 0.2) is 5.75 Å². The van der Waals surface area contributed by atoms with E-state index in [0.29, 0.717) is 19.0 Å². The number of fused-ring (bicyclic) bond motifs is 3. The summed E-state index contributed by atoms with van der Waals surface area (Å²) in [5.74, 6) is 1.51. The number of hydrogen-bond donors (Lipinski definition) is 2. The number of hydrogen-bond acceptors (Lipinski definition) is 8. The second-order valence-corrected chi connectivity index (χ2v) is 8.63. The van der Waals surface area contributed by atoms with Crippen molar-refractivity contribution in [1.29, 1.82) is 0 Å². The maximum atomic E-state index is 12.7. The van der Waals surface area contributed by atoms with Crippen LogP contribution >= 0.6 is 11.5 Å². The van der Waals surface area contributed by atoms with Crippen LogP contribution in [0.15, 0.2) is 30.6 Å². The Bertz CT molecular complexity index is 1060. The molecule has 2 aromatic heterocycles. The number of likely N-dealkylation sites (tertiary alicyclic amines) is 1. The first-order chi connectivity index (χ1) is 14.7. The molecule has 0 saturated carbocycles. The van der Waals surface area contributed by atoms with Crippen molar-refractivity contribution in [2.45, 2.75) is 31.3 Å². The smallest absolute Gasteiger partial charge is 0.237 e. The van der Waals surface area contributed by atoms with Crippen LogP contribution in [-0.4, -0.2) is 64.0 Å². The third-order valence-electron chi connectivity index (χ3n) is 5.76. The van der Waals surface area contributed by atoms with Crippen LogP contribution in [0.5, 0.6) is 5.75 Å². The molecule has 3 aromatic rings. The fraction of sp³-hybridized carbons (Fsp3) is 0.429. The lowest BCUT2D eigenvalue weighted by Gasteiger charge is -2.36. The Labute approximate surface area is 178 Å². The van der Waals surface area contributed by atoms with Crippen LogP contribution in [0, 0.1) is 0 Å². The van der Waals surface area contributed by atoms with Gasteiger partial charge in [0.05, 0.1) is 29.2 Å². The van der Waals surface area contributed by atoms with Crippen molar-refractivity contribution in [3.63, 3.8) is 0 Å². The predicted molar refractivity (Wildman–Crippen MR) is 117 cm³/mol. The van der Waals surface area contributed by atoms with E-state index in [0.717, 1.165) is 53.0 Å². The summed E-state index contributed by atoms with van der Waals surface area (Å²) in [5, 5.41) is 6.57. The Kier molecular flexibility index (Phi) is 5.22. The van der Waals surface area contributed by atoms with Crippen molar-refractivity contribution in [2.75, 3.05) is 32.1 Å². The van der Waals surface area contributed by atoms with Gasteiger partial charge in [0, 0.05) is 30.9 Å². The summed E-state index contributed by atoms with van der Waals surface area (Å²) in [7, 11) is 2.01. The first-order valence-corrected chi connectivity index (χ1v) is 11.0. The molecule has 30 heavy (non-hydrogen) atoms. The molecule has 0 radical (unpaired) electrons. The monoisotopic (exact) mass is 424 g/mol. The van der Waals surface area contributed by atoms with Gasteiger partial charge in [-0.2, -0.15) is 0 Å². The van der Waals surface area contributed by atoms with Gasteiger partial charge in [-0.25, -0.2) is 9.36 Å². The fourth-order valence-electron chi connectivity index (χ4n) is 4.12. The topological polar surface area (TPSA) is 92.3 Å². The number of anilines is 1. The van der Waals surface area contributed by atoms with Crippen molar-refractivity contribution >= 4 is 34.3 Å². The lowest BCUT2D eigenvalue weighted by Crippen LogP contribution is -2.52. The summed E-state index contributed by atoms with van der Waals surface area (Å²) in [4.78, 5) is 25.3. The van der Waals surface area contributed by atoms with Crippen LogP contribution in [0.4, 0.5) is 5.82 Å². The summed E-state index contributed by atoms with van der Waals surface area (Å²) >= 11 is 1.43. The molecule has 1 aromatic carbocycles. The van der Waals surface area contributed by atoms with E-state index in [-0.39, 0.29) is 18.0 Å². The number of piperidine rings is 1. The van der Waals surface area contributed by atoms with Crippen LogP contribution in [0.2, 0.25) is 0 Å². The van der Waals surface area contributed by atoms with Gasteiger partial charge in [-0.15, -0.1) is 0 Å². The van der Waals surface area contributed by atoms with E-state index in [9.17, 15) is 4.79 Å². The lowest BCUT2D eigenvalue weighted by molar-refractivity contribution is -0.127. The van der Waals surface area contributed by atoms with E-state index in [1.807, 2.05) is 25.2 Å². The summed E-state index contributed by atoms with van der Waals surface area (Å²) in [5.41, 5.74) is 2.51. The summed E-state index contributed by atoms with van der Waals surface area (Å²) < 4.78 is 10.4. The van der Waals surface area contributed by atoms with Crippen LogP contribution in [0.3, 0.4) is 0 Å². The van der Waals surface area contributed by atoms with Crippen molar-refractivity contribution in [2.24, 2.45) is 0 Å². The number of nitrogens with zero attached hydrogens (tertiary/aromatic N) is 4. The molecule has 2 atom stereocenters. The van der Waals surface area contributed by atoms with Gasteiger partial charge >= 0.3 is 0 Å². The number of amides is 1. The Hall–Kier alpha value is -2.78. The van der Waals surface area contributed by atoms with Gasteiger partial charge in [0.25, 0.3) is 0 Å². The molecule has 2 aliphatic rings. The quantitative estimate of drug-likeness (QED) is 0.620. The van der Waals surface area contributed by atoms with E-state index in [2.05, 4.69) is 24.9 Å². The highest BCUT2D eigenvalue weighted by Crippen LogP contribution is 2.37. The Morgan fingerprint density at radius 1 is 1.30 bits per heavy atom. The number of likely N-dealkylation sites (N-methyl/N-ethyl adjacent to an activating group) is 1. The number of rotatable bonds is 1. The molecule has 9 heteroatoms. The predicted octanol–water partition coefficient (Wildman–Crippen LogP) is 2.53. The van der Waals surface area contributed by atoms with E-state index in [4.69, 9.17) is 9.72 Å². The molecular formula is C21H24N6O2S.